The minimum absolute atomic E-state index is 0.311. The molecule has 0 amide bonds. The fraction of sp³-hybridized carbons (Fsp3) is 0.200. The SMILES string of the molecule is NC(=S)c1cc(N2CCCOc3ccccc32)ccn1. The van der Waals surface area contributed by atoms with E-state index < -0.39 is 0 Å². The Morgan fingerprint density at radius 2 is 2.15 bits per heavy atom. The summed E-state index contributed by atoms with van der Waals surface area (Å²) < 4.78 is 5.77. The second-order valence-corrected chi connectivity index (χ2v) is 5.02. The number of nitrogens with two attached hydrogens (primary N) is 1. The standard InChI is InChI=1S/C15H15N3OS/c16-15(20)12-10-11(6-7-17-12)18-8-3-9-19-14-5-2-1-4-13(14)18/h1-2,4-7,10H,3,8-9H2,(H2,16,20). The molecule has 4 nitrogen and oxygen atoms in total. The number of rotatable bonds is 2. The van der Waals surface area contributed by atoms with E-state index in [-0.39, 0.29) is 0 Å². The van der Waals surface area contributed by atoms with Gasteiger partial charge in [0.05, 0.1) is 18.0 Å². The zero-order chi connectivity index (χ0) is 13.9. The van der Waals surface area contributed by atoms with E-state index >= 15 is 0 Å². The van der Waals surface area contributed by atoms with Crippen LogP contribution in [-0.2, 0) is 0 Å². The van der Waals surface area contributed by atoms with Gasteiger partial charge in [0.25, 0.3) is 0 Å². The van der Waals surface area contributed by atoms with Crippen molar-refractivity contribution in [2.75, 3.05) is 18.1 Å². The molecular weight excluding hydrogens is 270 g/mol. The maximum Gasteiger partial charge on any atom is 0.142 e. The van der Waals surface area contributed by atoms with Crippen molar-refractivity contribution in [3.8, 4) is 5.75 Å². The third-order valence-corrected chi connectivity index (χ3v) is 3.46. The van der Waals surface area contributed by atoms with E-state index in [0.29, 0.717) is 10.7 Å². The normalized spacial score (nSPS) is 14.1. The van der Waals surface area contributed by atoms with Gasteiger partial charge in [-0.05, 0) is 30.7 Å². The molecule has 0 unspecified atom stereocenters. The van der Waals surface area contributed by atoms with Crippen LogP contribution in [-0.4, -0.2) is 23.1 Å². The van der Waals surface area contributed by atoms with Crippen molar-refractivity contribution in [1.29, 1.82) is 0 Å². The third-order valence-electron chi connectivity index (χ3n) is 3.25. The number of pyridine rings is 1. The summed E-state index contributed by atoms with van der Waals surface area (Å²) >= 11 is 5.00. The highest BCUT2D eigenvalue weighted by Crippen LogP contribution is 2.35. The zero-order valence-corrected chi connectivity index (χ0v) is 11.8. The summed E-state index contributed by atoms with van der Waals surface area (Å²) in [7, 11) is 0. The lowest BCUT2D eigenvalue weighted by atomic mass is 10.2. The van der Waals surface area contributed by atoms with Crippen molar-refractivity contribution in [3.63, 3.8) is 0 Å². The number of benzene rings is 1. The molecule has 0 bridgehead atoms. The average Bonchev–Trinajstić information content (AvgIpc) is 2.69. The summed E-state index contributed by atoms with van der Waals surface area (Å²) in [6.07, 6.45) is 2.69. The highest BCUT2D eigenvalue weighted by atomic mass is 32.1. The van der Waals surface area contributed by atoms with Crippen LogP contribution in [0.25, 0.3) is 0 Å². The van der Waals surface area contributed by atoms with Crippen molar-refractivity contribution in [3.05, 3.63) is 48.3 Å². The number of para-hydroxylation sites is 2. The highest BCUT2D eigenvalue weighted by molar-refractivity contribution is 7.80. The third kappa shape index (κ3) is 2.44. The van der Waals surface area contributed by atoms with Crippen LogP contribution in [0.4, 0.5) is 11.4 Å². The van der Waals surface area contributed by atoms with Crippen LogP contribution in [0.1, 0.15) is 12.1 Å². The van der Waals surface area contributed by atoms with Gasteiger partial charge in [-0.1, -0.05) is 24.4 Å². The van der Waals surface area contributed by atoms with Gasteiger partial charge < -0.3 is 15.4 Å². The van der Waals surface area contributed by atoms with Gasteiger partial charge in [0.15, 0.2) is 0 Å². The lowest BCUT2D eigenvalue weighted by Gasteiger charge is -2.24. The second-order valence-electron chi connectivity index (χ2n) is 4.58. The van der Waals surface area contributed by atoms with E-state index in [1.54, 1.807) is 6.20 Å². The van der Waals surface area contributed by atoms with E-state index in [9.17, 15) is 0 Å². The van der Waals surface area contributed by atoms with Crippen molar-refractivity contribution in [2.24, 2.45) is 5.73 Å². The van der Waals surface area contributed by atoms with Crippen LogP contribution in [0.2, 0.25) is 0 Å². The molecule has 0 radical (unpaired) electrons. The van der Waals surface area contributed by atoms with E-state index in [4.69, 9.17) is 22.7 Å². The maximum atomic E-state index is 5.77. The molecular formula is C15H15N3OS. The van der Waals surface area contributed by atoms with Gasteiger partial charge in [-0.2, -0.15) is 0 Å². The van der Waals surface area contributed by atoms with Crippen LogP contribution in [0, 0.1) is 0 Å². The lowest BCUT2D eigenvalue weighted by molar-refractivity contribution is 0.322. The van der Waals surface area contributed by atoms with Gasteiger partial charge in [0, 0.05) is 18.4 Å². The topological polar surface area (TPSA) is 51.4 Å². The number of nitrogens with zero attached hydrogens (tertiary/aromatic N) is 2. The minimum atomic E-state index is 0.311. The summed E-state index contributed by atoms with van der Waals surface area (Å²) in [4.78, 5) is 6.71. The van der Waals surface area contributed by atoms with Gasteiger partial charge >= 0.3 is 0 Å². The number of aromatic nitrogens is 1. The van der Waals surface area contributed by atoms with E-state index in [1.807, 2.05) is 30.3 Å². The molecule has 0 saturated carbocycles. The molecule has 2 heterocycles. The number of thiocarbonyl (C=S) groups is 1. The summed E-state index contributed by atoms with van der Waals surface area (Å²) in [5.41, 5.74) is 8.39. The first kappa shape index (κ1) is 12.9. The molecule has 1 aromatic heterocycles. The molecule has 1 aromatic carbocycles. The Bertz CT molecular complexity index is 645. The zero-order valence-electron chi connectivity index (χ0n) is 11.0. The molecule has 0 atom stereocenters. The smallest absolute Gasteiger partial charge is 0.142 e. The Hall–Kier alpha value is -2.14. The molecule has 5 heteroatoms. The molecule has 0 spiro atoms. The van der Waals surface area contributed by atoms with Crippen LogP contribution < -0.4 is 15.4 Å². The van der Waals surface area contributed by atoms with Crippen LogP contribution in [0.3, 0.4) is 0 Å². The van der Waals surface area contributed by atoms with Crippen LogP contribution in [0.15, 0.2) is 42.6 Å². The fourth-order valence-corrected chi connectivity index (χ4v) is 2.43. The van der Waals surface area contributed by atoms with E-state index in [1.165, 1.54) is 0 Å². The number of hydrogen-bond donors (Lipinski definition) is 1. The Morgan fingerprint density at radius 1 is 1.30 bits per heavy atom. The number of anilines is 2. The molecule has 1 aliphatic heterocycles. The largest absolute Gasteiger partial charge is 0.491 e. The minimum Gasteiger partial charge on any atom is -0.491 e. The van der Waals surface area contributed by atoms with Gasteiger partial charge in [-0.3, -0.25) is 4.98 Å². The van der Waals surface area contributed by atoms with Gasteiger partial charge in [0.1, 0.15) is 10.7 Å². The number of fused-ring (bicyclic) bond motifs is 1. The highest BCUT2D eigenvalue weighted by Gasteiger charge is 2.17. The first-order valence-electron chi connectivity index (χ1n) is 6.51. The molecule has 20 heavy (non-hydrogen) atoms. The summed E-state index contributed by atoms with van der Waals surface area (Å²) in [6.45, 7) is 1.61. The Balaban J connectivity index is 2.05. The number of ether oxygens (including phenoxy) is 1. The Morgan fingerprint density at radius 3 is 3.00 bits per heavy atom. The Kier molecular flexibility index (Phi) is 3.52. The summed E-state index contributed by atoms with van der Waals surface area (Å²) in [5.74, 6) is 0.902. The van der Waals surface area contributed by atoms with Gasteiger partial charge in [-0.15, -0.1) is 0 Å². The quantitative estimate of drug-likeness (QED) is 0.860. The molecule has 0 saturated heterocycles. The fourth-order valence-electron chi connectivity index (χ4n) is 2.32. The molecule has 102 valence electrons. The maximum absolute atomic E-state index is 5.77. The van der Waals surface area contributed by atoms with E-state index in [0.717, 1.165) is 36.7 Å². The molecule has 3 rings (SSSR count). The van der Waals surface area contributed by atoms with Crippen molar-refractivity contribution < 1.29 is 4.74 Å². The average molecular weight is 285 g/mol. The van der Waals surface area contributed by atoms with Crippen molar-refractivity contribution in [1.82, 2.24) is 4.98 Å². The van der Waals surface area contributed by atoms with Crippen LogP contribution >= 0.6 is 12.2 Å². The second kappa shape index (κ2) is 5.46. The Labute approximate surface area is 123 Å². The number of hydrogen-bond acceptors (Lipinski definition) is 4. The molecule has 0 fully saturated rings. The molecule has 1 aliphatic rings. The van der Waals surface area contributed by atoms with Gasteiger partial charge in [-0.25, -0.2) is 0 Å². The van der Waals surface area contributed by atoms with Crippen LogP contribution in [0.5, 0.6) is 5.75 Å². The lowest BCUT2D eigenvalue weighted by Crippen LogP contribution is -2.19. The predicted molar refractivity (Wildman–Crippen MR) is 83.7 cm³/mol. The van der Waals surface area contributed by atoms with Gasteiger partial charge in [0.2, 0.25) is 0 Å². The predicted octanol–water partition coefficient (Wildman–Crippen LogP) is 2.64. The molecule has 2 aromatic rings. The molecule has 0 aliphatic carbocycles. The summed E-state index contributed by atoms with van der Waals surface area (Å²) in [5, 5.41) is 0. The van der Waals surface area contributed by atoms with Crippen molar-refractivity contribution in [2.45, 2.75) is 6.42 Å². The first-order chi connectivity index (χ1) is 9.75. The monoisotopic (exact) mass is 285 g/mol. The molecule has 2 N–H and O–H groups in total. The first-order valence-corrected chi connectivity index (χ1v) is 6.92. The summed E-state index contributed by atoms with van der Waals surface area (Å²) in [6, 6.07) is 11.9. The van der Waals surface area contributed by atoms with Crippen molar-refractivity contribution >= 4 is 28.6 Å². The van der Waals surface area contributed by atoms with E-state index in [2.05, 4.69) is 16.0 Å².